The second kappa shape index (κ2) is 9.61. The SMILES string of the molecule is COC(=O)C=Cc1ccc(C=NNc2nc(-c3ccccc3)c(C#N)c(=O)[nH]2)cc1. The highest BCUT2D eigenvalue weighted by Gasteiger charge is 2.12. The van der Waals surface area contributed by atoms with Crippen LogP contribution in [0.5, 0.6) is 0 Å². The molecular weight excluding hydrogens is 382 g/mol. The molecule has 2 N–H and O–H groups in total. The van der Waals surface area contributed by atoms with E-state index in [0.717, 1.165) is 11.1 Å². The Labute approximate surface area is 172 Å². The molecule has 0 saturated heterocycles. The van der Waals surface area contributed by atoms with Crippen molar-refractivity contribution in [3.05, 3.63) is 87.7 Å². The molecule has 0 radical (unpaired) electrons. The Morgan fingerprint density at radius 1 is 1.17 bits per heavy atom. The van der Waals surface area contributed by atoms with Crippen LogP contribution in [0.2, 0.25) is 0 Å². The minimum absolute atomic E-state index is 0.0636. The summed E-state index contributed by atoms with van der Waals surface area (Å²) in [6.07, 6.45) is 4.53. The second-order valence-corrected chi connectivity index (χ2v) is 6.01. The van der Waals surface area contributed by atoms with Gasteiger partial charge in [-0.05, 0) is 17.2 Å². The van der Waals surface area contributed by atoms with Crippen LogP contribution >= 0.6 is 0 Å². The van der Waals surface area contributed by atoms with Crippen LogP contribution in [0.4, 0.5) is 5.95 Å². The van der Waals surface area contributed by atoms with Crippen LogP contribution < -0.4 is 11.0 Å². The summed E-state index contributed by atoms with van der Waals surface area (Å²) in [5, 5.41) is 13.4. The third-order valence-electron chi connectivity index (χ3n) is 4.01. The van der Waals surface area contributed by atoms with Gasteiger partial charge in [-0.3, -0.25) is 9.78 Å². The lowest BCUT2D eigenvalue weighted by Gasteiger charge is -2.05. The van der Waals surface area contributed by atoms with Gasteiger partial charge in [-0.25, -0.2) is 15.2 Å². The molecule has 0 aliphatic carbocycles. The number of benzene rings is 2. The van der Waals surface area contributed by atoms with Crippen molar-refractivity contribution in [2.45, 2.75) is 0 Å². The number of carbonyl (C=O) groups is 1. The lowest BCUT2D eigenvalue weighted by atomic mass is 10.1. The number of rotatable bonds is 6. The number of methoxy groups -OCH3 is 1. The second-order valence-electron chi connectivity index (χ2n) is 6.01. The van der Waals surface area contributed by atoms with E-state index in [1.165, 1.54) is 13.2 Å². The van der Waals surface area contributed by atoms with E-state index < -0.39 is 11.5 Å². The Bertz CT molecular complexity index is 1190. The Kier molecular flexibility index (Phi) is 6.48. The van der Waals surface area contributed by atoms with Gasteiger partial charge in [0.25, 0.3) is 5.56 Å². The Morgan fingerprint density at radius 2 is 1.87 bits per heavy atom. The smallest absolute Gasteiger partial charge is 0.330 e. The van der Waals surface area contributed by atoms with Gasteiger partial charge in [-0.15, -0.1) is 0 Å². The maximum Gasteiger partial charge on any atom is 0.330 e. The van der Waals surface area contributed by atoms with Crippen LogP contribution in [0.1, 0.15) is 16.7 Å². The third-order valence-corrected chi connectivity index (χ3v) is 4.01. The van der Waals surface area contributed by atoms with E-state index in [9.17, 15) is 14.9 Å². The van der Waals surface area contributed by atoms with E-state index in [1.54, 1.807) is 36.6 Å². The first-order valence-electron chi connectivity index (χ1n) is 8.85. The summed E-state index contributed by atoms with van der Waals surface area (Å²) in [5.74, 6) is -0.310. The molecule has 8 heteroatoms. The van der Waals surface area contributed by atoms with Crippen LogP contribution in [-0.2, 0) is 9.53 Å². The number of H-pyrrole nitrogens is 1. The lowest BCUT2D eigenvalue weighted by Crippen LogP contribution is -2.16. The number of nitrogens with zero attached hydrogens (tertiary/aromatic N) is 3. The zero-order valence-corrected chi connectivity index (χ0v) is 16.0. The van der Waals surface area contributed by atoms with E-state index in [0.29, 0.717) is 5.56 Å². The number of nitriles is 1. The van der Waals surface area contributed by atoms with E-state index in [1.807, 2.05) is 36.4 Å². The molecule has 3 rings (SSSR count). The van der Waals surface area contributed by atoms with Gasteiger partial charge in [0.2, 0.25) is 5.95 Å². The number of hydrogen-bond donors (Lipinski definition) is 2. The molecule has 0 amide bonds. The van der Waals surface area contributed by atoms with Gasteiger partial charge < -0.3 is 4.74 Å². The minimum atomic E-state index is -0.550. The fraction of sp³-hybridized carbons (Fsp3) is 0.0455. The van der Waals surface area contributed by atoms with Crippen molar-refractivity contribution in [3.8, 4) is 17.3 Å². The fourth-order valence-electron chi connectivity index (χ4n) is 2.53. The number of ether oxygens (including phenoxy) is 1. The van der Waals surface area contributed by atoms with Crippen LogP contribution in [0.15, 0.2) is 70.6 Å². The number of aromatic nitrogens is 2. The Morgan fingerprint density at radius 3 is 2.53 bits per heavy atom. The van der Waals surface area contributed by atoms with Crippen molar-refractivity contribution >= 4 is 24.2 Å². The number of esters is 1. The molecular formula is C22H17N5O3. The molecule has 2 aromatic carbocycles. The summed E-state index contributed by atoms with van der Waals surface area (Å²) in [4.78, 5) is 30.1. The zero-order chi connectivity index (χ0) is 21.3. The van der Waals surface area contributed by atoms with Crippen molar-refractivity contribution in [1.29, 1.82) is 5.26 Å². The predicted octanol–water partition coefficient (Wildman–Crippen LogP) is 2.94. The molecule has 0 aliphatic rings. The quantitative estimate of drug-likeness (QED) is 0.285. The number of nitrogens with one attached hydrogen (secondary N) is 2. The van der Waals surface area contributed by atoms with Gasteiger partial charge in [0.15, 0.2) is 0 Å². The predicted molar refractivity (Wildman–Crippen MR) is 114 cm³/mol. The van der Waals surface area contributed by atoms with Crippen molar-refractivity contribution in [3.63, 3.8) is 0 Å². The van der Waals surface area contributed by atoms with Crippen LogP contribution in [0, 0.1) is 11.3 Å². The van der Waals surface area contributed by atoms with Crippen LogP contribution in [0.3, 0.4) is 0 Å². The molecule has 0 bridgehead atoms. The van der Waals surface area contributed by atoms with E-state index in [-0.39, 0.29) is 17.2 Å². The summed E-state index contributed by atoms with van der Waals surface area (Å²) >= 11 is 0. The Hall–Kier alpha value is -4.51. The van der Waals surface area contributed by atoms with Crippen molar-refractivity contribution in [2.24, 2.45) is 5.10 Å². The molecule has 0 atom stereocenters. The molecule has 1 heterocycles. The maximum atomic E-state index is 12.2. The number of carbonyl (C=O) groups excluding carboxylic acids is 1. The maximum absolute atomic E-state index is 12.2. The molecule has 0 fully saturated rings. The molecule has 0 unspecified atom stereocenters. The van der Waals surface area contributed by atoms with Crippen molar-refractivity contribution in [1.82, 2.24) is 9.97 Å². The Balaban J connectivity index is 1.76. The normalized spacial score (nSPS) is 10.8. The molecule has 3 aromatic rings. The fourth-order valence-corrected chi connectivity index (χ4v) is 2.53. The molecule has 1 aromatic heterocycles. The summed E-state index contributed by atoms with van der Waals surface area (Å²) in [6, 6.07) is 18.1. The number of hydrazone groups is 1. The number of hydrogen-bond acceptors (Lipinski definition) is 7. The highest BCUT2D eigenvalue weighted by atomic mass is 16.5. The molecule has 0 aliphatic heterocycles. The van der Waals surface area contributed by atoms with Gasteiger partial charge in [0.1, 0.15) is 11.6 Å². The lowest BCUT2D eigenvalue weighted by molar-refractivity contribution is -0.134. The highest BCUT2D eigenvalue weighted by Crippen LogP contribution is 2.19. The van der Waals surface area contributed by atoms with Crippen LogP contribution in [-0.4, -0.2) is 29.3 Å². The molecule has 148 valence electrons. The average molecular weight is 399 g/mol. The number of anilines is 1. The standard InChI is InChI=1S/C22H17N5O3/c1-30-19(28)12-11-15-7-9-16(10-8-15)14-24-27-22-25-20(17-5-3-2-4-6-17)18(13-23)21(29)26-22/h2-12,14H,1H3,(H2,25,26,27,29). The molecule has 8 nitrogen and oxygen atoms in total. The molecule has 0 saturated carbocycles. The van der Waals surface area contributed by atoms with Gasteiger partial charge in [-0.1, -0.05) is 54.6 Å². The van der Waals surface area contributed by atoms with Crippen molar-refractivity contribution in [2.75, 3.05) is 12.5 Å². The monoisotopic (exact) mass is 399 g/mol. The van der Waals surface area contributed by atoms with Crippen molar-refractivity contribution < 1.29 is 9.53 Å². The summed E-state index contributed by atoms with van der Waals surface area (Å²) in [5.41, 5.74) is 4.62. The topological polar surface area (TPSA) is 120 Å². The van der Waals surface area contributed by atoms with E-state index in [2.05, 4.69) is 25.2 Å². The van der Waals surface area contributed by atoms with E-state index in [4.69, 9.17) is 0 Å². The summed E-state index contributed by atoms with van der Waals surface area (Å²) in [6.45, 7) is 0. The van der Waals surface area contributed by atoms with Gasteiger partial charge in [0, 0.05) is 11.6 Å². The van der Waals surface area contributed by atoms with Gasteiger partial charge in [-0.2, -0.15) is 10.4 Å². The first-order valence-corrected chi connectivity index (χ1v) is 8.85. The third kappa shape index (κ3) is 5.05. The number of aromatic amines is 1. The van der Waals surface area contributed by atoms with E-state index >= 15 is 0 Å². The van der Waals surface area contributed by atoms with Crippen LogP contribution in [0.25, 0.3) is 17.3 Å². The average Bonchev–Trinajstić information content (AvgIpc) is 2.78. The van der Waals surface area contributed by atoms with Gasteiger partial charge >= 0.3 is 5.97 Å². The minimum Gasteiger partial charge on any atom is -0.466 e. The largest absolute Gasteiger partial charge is 0.466 e. The zero-order valence-electron chi connectivity index (χ0n) is 16.0. The first kappa shape index (κ1) is 20.2. The summed E-state index contributed by atoms with van der Waals surface area (Å²) < 4.78 is 4.55. The highest BCUT2D eigenvalue weighted by molar-refractivity contribution is 5.87. The van der Waals surface area contributed by atoms with Gasteiger partial charge in [0.05, 0.1) is 19.0 Å². The molecule has 0 spiro atoms. The first-order chi connectivity index (χ1) is 14.6. The summed E-state index contributed by atoms with van der Waals surface area (Å²) in [7, 11) is 1.32. The molecule has 30 heavy (non-hydrogen) atoms.